The van der Waals surface area contributed by atoms with E-state index in [9.17, 15) is 9.59 Å². The van der Waals surface area contributed by atoms with Gasteiger partial charge in [0.1, 0.15) is 0 Å². The van der Waals surface area contributed by atoms with E-state index in [1.54, 1.807) is 0 Å². The average molecular weight is 315 g/mol. The number of nitrogens with one attached hydrogen (secondary N) is 2. The summed E-state index contributed by atoms with van der Waals surface area (Å²) in [6, 6.07) is 7.63. The fourth-order valence-electron chi connectivity index (χ4n) is 3.09. The topological polar surface area (TPSA) is 84.2 Å². The summed E-state index contributed by atoms with van der Waals surface area (Å²) in [5.74, 6) is 0.165. The number of rotatable bonds is 5. The molecule has 2 fully saturated rings. The number of amides is 2. The van der Waals surface area contributed by atoms with Crippen LogP contribution in [0.5, 0.6) is 0 Å². The maximum absolute atomic E-state index is 12.3. The Morgan fingerprint density at radius 2 is 1.91 bits per heavy atom. The van der Waals surface area contributed by atoms with Crippen LogP contribution in [-0.4, -0.2) is 17.4 Å². The van der Waals surface area contributed by atoms with Crippen molar-refractivity contribution in [3.05, 3.63) is 29.8 Å². The fourth-order valence-corrected chi connectivity index (χ4v) is 3.09. The minimum Gasteiger partial charge on any atom is -0.350 e. The molecule has 2 aliphatic carbocycles. The Morgan fingerprint density at radius 3 is 2.61 bits per heavy atom. The summed E-state index contributed by atoms with van der Waals surface area (Å²) in [5, 5.41) is 5.87. The summed E-state index contributed by atoms with van der Waals surface area (Å²) in [4.78, 5) is 24.2. The number of anilines is 1. The van der Waals surface area contributed by atoms with Gasteiger partial charge in [-0.3, -0.25) is 9.59 Å². The number of benzene rings is 1. The van der Waals surface area contributed by atoms with Crippen molar-refractivity contribution < 1.29 is 9.59 Å². The summed E-state index contributed by atoms with van der Waals surface area (Å²) < 4.78 is 0. The molecule has 23 heavy (non-hydrogen) atoms. The van der Waals surface area contributed by atoms with E-state index in [-0.39, 0.29) is 17.7 Å². The molecule has 2 saturated carbocycles. The monoisotopic (exact) mass is 315 g/mol. The average Bonchev–Trinajstić information content (AvgIpc) is 3.33. The lowest BCUT2D eigenvalue weighted by Gasteiger charge is -2.21. The molecule has 0 aliphatic heterocycles. The van der Waals surface area contributed by atoms with Crippen molar-refractivity contribution in [2.75, 3.05) is 5.32 Å². The van der Waals surface area contributed by atoms with Crippen LogP contribution in [0.2, 0.25) is 0 Å². The van der Waals surface area contributed by atoms with Gasteiger partial charge in [0.15, 0.2) is 0 Å². The zero-order valence-corrected chi connectivity index (χ0v) is 13.4. The molecule has 0 saturated heterocycles. The summed E-state index contributed by atoms with van der Waals surface area (Å²) in [5.41, 5.74) is 6.97. The van der Waals surface area contributed by atoms with E-state index in [0.717, 1.165) is 49.8 Å². The zero-order chi connectivity index (χ0) is 16.3. The molecular formula is C18H25N3O2. The highest BCUT2D eigenvalue weighted by Crippen LogP contribution is 2.32. The highest BCUT2D eigenvalue weighted by Gasteiger charge is 2.45. The maximum Gasteiger partial charge on any atom is 0.240 e. The second-order valence-electron chi connectivity index (χ2n) is 6.86. The first kappa shape index (κ1) is 16.0. The van der Waals surface area contributed by atoms with Gasteiger partial charge >= 0.3 is 0 Å². The molecule has 2 aliphatic rings. The largest absolute Gasteiger partial charge is 0.350 e. The summed E-state index contributed by atoms with van der Waals surface area (Å²) in [7, 11) is 0. The van der Waals surface area contributed by atoms with E-state index in [0.29, 0.717) is 6.54 Å². The van der Waals surface area contributed by atoms with Crippen molar-refractivity contribution in [3.8, 4) is 0 Å². The first-order chi connectivity index (χ1) is 11.1. The molecule has 0 heterocycles. The van der Waals surface area contributed by atoms with Gasteiger partial charge < -0.3 is 16.4 Å². The van der Waals surface area contributed by atoms with Crippen molar-refractivity contribution >= 4 is 17.5 Å². The smallest absolute Gasteiger partial charge is 0.240 e. The van der Waals surface area contributed by atoms with E-state index in [2.05, 4.69) is 10.6 Å². The van der Waals surface area contributed by atoms with Gasteiger partial charge in [-0.25, -0.2) is 0 Å². The Bertz CT molecular complexity index is 590. The standard InChI is InChI=1S/C18H25N3O2/c19-18(9-10-18)17(23)20-12-13-5-4-8-15(11-13)21-16(22)14-6-2-1-3-7-14/h4-5,8,11,14H,1-3,6-7,9-10,12,19H2,(H,20,23)(H,21,22). The molecule has 4 N–H and O–H groups in total. The second kappa shape index (κ2) is 6.71. The van der Waals surface area contributed by atoms with E-state index in [4.69, 9.17) is 5.73 Å². The Kier molecular flexibility index (Phi) is 4.66. The summed E-state index contributed by atoms with van der Waals surface area (Å²) >= 11 is 0. The molecular weight excluding hydrogens is 290 g/mol. The van der Waals surface area contributed by atoms with Crippen molar-refractivity contribution in [1.29, 1.82) is 0 Å². The number of carbonyl (C=O) groups excluding carboxylic acids is 2. The Balaban J connectivity index is 1.54. The van der Waals surface area contributed by atoms with Crippen LogP contribution in [0.1, 0.15) is 50.5 Å². The molecule has 0 unspecified atom stereocenters. The van der Waals surface area contributed by atoms with Gasteiger partial charge in [0.05, 0.1) is 5.54 Å². The maximum atomic E-state index is 12.3. The van der Waals surface area contributed by atoms with E-state index < -0.39 is 5.54 Å². The van der Waals surface area contributed by atoms with Crippen LogP contribution in [0.4, 0.5) is 5.69 Å². The van der Waals surface area contributed by atoms with E-state index >= 15 is 0 Å². The van der Waals surface area contributed by atoms with Gasteiger partial charge in [-0.15, -0.1) is 0 Å². The Hall–Kier alpha value is -1.88. The molecule has 1 aromatic rings. The van der Waals surface area contributed by atoms with Gasteiger partial charge in [0.25, 0.3) is 0 Å². The molecule has 2 amide bonds. The summed E-state index contributed by atoms with van der Waals surface area (Å²) in [6.07, 6.45) is 7.02. The quantitative estimate of drug-likeness (QED) is 0.779. The lowest BCUT2D eigenvalue weighted by molar-refractivity contribution is -0.123. The molecule has 0 radical (unpaired) electrons. The lowest BCUT2D eigenvalue weighted by atomic mass is 9.88. The van der Waals surface area contributed by atoms with Crippen LogP contribution in [0, 0.1) is 5.92 Å². The third kappa shape index (κ3) is 4.10. The van der Waals surface area contributed by atoms with Crippen molar-refractivity contribution in [1.82, 2.24) is 5.32 Å². The van der Waals surface area contributed by atoms with Crippen molar-refractivity contribution in [2.24, 2.45) is 11.7 Å². The SMILES string of the molecule is NC1(C(=O)NCc2cccc(NC(=O)C3CCCCC3)c2)CC1. The van der Waals surface area contributed by atoms with Crippen molar-refractivity contribution in [3.63, 3.8) is 0 Å². The minimum atomic E-state index is -0.646. The lowest BCUT2D eigenvalue weighted by Crippen LogP contribution is -2.42. The normalized spacial score (nSPS) is 19.9. The van der Waals surface area contributed by atoms with Crippen LogP contribution in [0.25, 0.3) is 0 Å². The number of hydrogen-bond acceptors (Lipinski definition) is 3. The predicted octanol–water partition coefficient (Wildman–Crippen LogP) is 2.31. The first-order valence-electron chi connectivity index (χ1n) is 8.54. The van der Waals surface area contributed by atoms with E-state index in [1.165, 1.54) is 6.42 Å². The van der Waals surface area contributed by atoms with Gasteiger partial charge in [-0.1, -0.05) is 31.4 Å². The molecule has 0 atom stereocenters. The fraction of sp³-hybridized carbons (Fsp3) is 0.556. The van der Waals surface area contributed by atoms with Crippen LogP contribution in [-0.2, 0) is 16.1 Å². The Labute approximate surface area is 137 Å². The van der Waals surface area contributed by atoms with Crippen LogP contribution >= 0.6 is 0 Å². The van der Waals surface area contributed by atoms with Crippen molar-refractivity contribution in [2.45, 2.75) is 57.0 Å². The third-order valence-corrected chi connectivity index (χ3v) is 4.86. The molecule has 0 aromatic heterocycles. The predicted molar refractivity (Wildman–Crippen MR) is 89.6 cm³/mol. The highest BCUT2D eigenvalue weighted by atomic mass is 16.2. The minimum absolute atomic E-state index is 0.0888. The molecule has 0 spiro atoms. The van der Waals surface area contributed by atoms with Gasteiger partial charge in [0, 0.05) is 18.2 Å². The molecule has 3 rings (SSSR count). The molecule has 5 nitrogen and oxygen atoms in total. The molecule has 5 heteroatoms. The van der Waals surface area contributed by atoms with Crippen LogP contribution in [0.15, 0.2) is 24.3 Å². The number of hydrogen-bond donors (Lipinski definition) is 3. The molecule has 0 bridgehead atoms. The molecule has 124 valence electrons. The van der Waals surface area contributed by atoms with Gasteiger partial charge in [-0.2, -0.15) is 0 Å². The Morgan fingerprint density at radius 1 is 1.17 bits per heavy atom. The zero-order valence-electron chi connectivity index (χ0n) is 13.4. The second-order valence-corrected chi connectivity index (χ2v) is 6.86. The third-order valence-electron chi connectivity index (χ3n) is 4.86. The highest BCUT2D eigenvalue weighted by molar-refractivity contribution is 5.92. The van der Waals surface area contributed by atoms with E-state index in [1.807, 2.05) is 24.3 Å². The summed E-state index contributed by atoms with van der Waals surface area (Å²) in [6.45, 7) is 0.435. The molecule has 1 aromatic carbocycles. The first-order valence-corrected chi connectivity index (χ1v) is 8.54. The van der Waals surface area contributed by atoms with Gasteiger partial charge in [-0.05, 0) is 43.4 Å². The number of nitrogens with two attached hydrogens (primary N) is 1. The van der Waals surface area contributed by atoms with Crippen LogP contribution < -0.4 is 16.4 Å². The van der Waals surface area contributed by atoms with Crippen LogP contribution in [0.3, 0.4) is 0 Å². The number of carbonyl (C=O) groups is 2. The van der Waals surface area contributed by atoms with Gasteiger partial charge in [0.2, 0.25) is 11.8 Å².